The Kier molecular flexibility index (Phi) is 3.51. The lowest BCUT2D eigenvalue weighted by Crippen LogP contribution is -1.99. The van der Waals surface area contributed by atoms with E-state index >= 15 is 0 Å². The number of benzene rings is 1. The van der Waals surface area contributed by atoms with Gasteiger partial charge in [-0.25, -0.2) is 4.68 Å². The summed E-state index contributed by atoms with van der Waals surface area (Å²) in [5.41, 5.74) is 0.0648. The second kappa shape index (κ2) is 5.10. The Morgan fingerprint density at radius 3 is 2.16 bits per heavy atom. The Balaban J connectivity index is 2.55. The van der Waals surface area contributed by atoms with Crippen LogP contribution in [0.25, 0.3) is 5.69 Å². The molecule has 0 saturated heterocycles. The molecule has 0 bridgehead atoms. The number of hydrogen-bond acceptors (Lipinski definition) is 6. The van der Waals surface area contributed by atoms with Gasteiger partial charge in [0.2, 0.25) is 0 Å². The molecule has 2 aromatic rings. The summed E-state index contributed by atoms with van der Waals surface area (Å²) in [6, 6.07) is 3.28. The minimum Gasteiger partial charge on any atom is -0.258 e. The number of nitrogens with zero attached hydrogens (tertiary/aromatic N) is 5. The Labute approximate surface area is 114 Å². The number of halogens is 1. The fourth-order valence-corrected chi connectivity index (χ4v) is 1.67. The fourth-order valence-electron chi connectivity index (χ4n) is 1.41. The molecule has 2 rings (SSSR count). The van der Waals surface area contributed by atoms with E-state index < -0.39 is 9.85 Å². The number of rotatable bonds is 4. The predicted octanol–water partition coefficient (Wildman–Crippen LogP) is 1.98. The normalized spacial score (nSPS) is 10.4. The molecule has 0 radical (unpaired) electrons. The van der Waals surface area contributed by atoms with E-state index in [-0.39, 0.29) is 17.1 Å². The second-order valence-corrected chi connectivity index (χ2v) is 4.07. The zero-order valence-electron chi connectivity index (χ0n) is 9.26. The van der Waals surface area contributed by atoms with Crippen molar-refractivity contribution in [1.29, 1.82) is 0 Å². The van der Waals surface area contributed by atoms with E-state index in [0.717, 1.165) is 6.07 Å². The minimum atomic E-state index is -0.696. The molecule has 0 amide bonds. The third-order valence-corrected chi connectivity index (χ3v) is 2.83. The average Bonchev–Trinajstić information content (AvgIpc) is 2.86. The number of nitro groups is 2. The van der Waals surface area contributed by atoms with Crippen LogP contribution in [-0.4, -0.2) is 24.8 Å². The highest BCUT2D eigenvalue weighted by Gasteiger charge is 2.17. The third kappa shape index (κ3) is 2.73. The third-order valence-electron chi connectivity index (χ3n) is 2.25. The zero-order valence-corrected chi connectivity index (χ0v) is 10.8. The highest BCUT2D eigenvalue weighted by molar-refractivity contribution is 9.08. The molecule has 0 atom stereocenters. The van der Waals surface area contributed by atoms with Crippen molar-refractivity contribution >= 4 is 27.3 Å². The molecule has 1 heterocycles. The van der Waals surface area contributed by atoms with Gasteiger partial charge in [0, 0.05) is 17.5 Å². The lowest BCUT2D eigenvalue weighted by atomic mass is 10.2. The summed E-state index contributed by atoms with van der Waals surface area (Å²) in [6.07, 6.45) is 1.53. The van der Waals surface area contributed by atoms with Crippen molar-refractivity contribution in [2.24, 2.45) is 0 Å². The van der Waals surface area contributed by atoms with Crippen molar-refractivity contribution in [3.05, 3.63) is 50.3 Å². The van der Waals surface area contributed by atoms with E-state index in [9.17, 15) is 20.2 Å². The van der Waals surface area contributed by atoms with Gasteiger partial charge in [-0.2, -0.15) is 0 Å². The fraction of sp³-hybridized carbons (Fsp3) is 0.111. The molecule has 0 N–H and O–H groups in total. The molecule has 0 unspecified atom stereocenters. The van der Waals surface area contributed by atoms with E-state index in [1.54, 1.807) is 0 Å². The van der Waals surface area contributed by atoms with Gasteiger partial charge in [-0.1, -0.05) is 21.1 Å². The van der Waals surface area contributed by atoms with Gasteiger partial charge >= 0.3 is 0 Å². The van der Waals surface area contributed by atoms with Crippen molar-refractivity contribution in [2.45, 2.75) is 5.33 Å². The molecule has 0 aliphatic heterocycles. The number of aromatic nitrogens is 3. The molecular formula is C9H6BrN5O4. The molecule has 9 nitrogen and oxygen atoms in total. The van der Waals surface area contributed by atoms with Crippen LogP contribution in [0.3, 0.4) is 0 Å². The van der Waals surface area contributed by atoms with Gasteiger partial charge in [-0.05, 0) is 0 Å². The van der Waals surface area contributed by atoms with Gasteiger partial charge in [0.25, 0.3) is 11.4 Å². The van der Waals surface area contributed by atoms with E-state index in [1.807, 2.05) is 0 Å². The van der Waals surface area contributed by atoms with Crippen LogP contribution in [-0.2, 0) is 5.33 Å². The maximum Gasteiger partial charge on any atom is 0.278 e. The minimum absolute atomic E-state index is 0.209. The summed E-state index contributed by atoms with van der Waals surface area (Å²) in [4.78, 5) is 20.1. The molecule has 0 aliphatic rings. The highest BCUT2D eigenvalue weighted by atomic mass is 79.9. The molecule has 19 heavy (non-hydrogen) atoms. The summed E-state index contributed by atoms with van der Waals surface area (Å²) < 4.78 is 1.25. The van der Waals surface area contributed by atoms with E-state index in [4.69, 9.17) is 0 Å². The SMILES string of the molecule is O=[N+]([O-])c1cc(-n2cc(CBr)nn2)cc([N+](=O)[O-])c1. The molecule has 0 aliphatic carbocycles. The van der Waals surface area contributed by atoms with Gasteiger partial charge in [-0.15, -0.1) is 5.10 Å². The molecule has 1 aromatic heterocycles. The van der Waals surface area contributed by atoms with Gasteiger partial charge in [0.1, 0.15) is 0 Å². The first-order chi connectivity index (χ1) is 9.01. The van der Waals surface area contributed by atoms with Crippen molar-refractivity contribution < 1.29 is 9.85 Å². The monoisotopic (exact) mass is 327 g/mol. The van der Waals surface area contributed by atoms with Crippen LogP contribution in [0.5, 0.6) is 0 Å². The maximum absolute atomic E-state index is 10.8. The molecule has 0 saturated carbocycles. The van der Waals surface area contributed by atoms with Crippen molar-refractivity contribution in [1.82, 2.24) is 15.0 Å². The standard InChI is InChI=1S/C9H6BrN5O4/c10-4-6-5-13(12-11-6)7-1-8(14(16)17)3-9(2-7)15(18)19/h1-3,5H,4H2. The molecule has 98 valence electrons. The maximum atomic E-state index is 10.8. The van der Waals surface area contributed by atoms with Crippen molar-refractivity contribution in [2.75, 3.05) is 0 Å². The van der Waals surface area contributed by atoms with Gasteiger partial charge < -0.3 is 0 Å². The summed E-state index contributed by atoms with van der Waals surface area (Å²) in [5, 5.41) is 29.5. The van der Waals surface area contributed by atoms with Crippen LogP contribution in [0.4, 0.5) is 11.4 Å². The van der Waals surface area contributed by atoms with Crippen LogP contribution in [0, 0.1) is 20.2 Å². The van der Waals surface area contributed by atoms with Crippen LogP contribution in [0.2, 0.25) is 0 Å². The summed E-state index contributed by atoms with van der Waals surface area (Å²) in [6.45, 7) is 0. The molecular weight excluding hydrogens is 322 g/mol. The van der Waals surface area contributed by atoms with Crippen LogP contribution in [0.15, 0.2) is 24.4 Å². The largest absolute Gasteiger partial charge is 0.278 e. The first-order valence-corrected chi connectivity index (χ1v) is 6.05. The smallest absolute Gasteiger partial charge is 0.258 e. The van der Waals surface area contributed by atoms with Crippen molar-refractivity contribution in [3.63, 3.8) is 0 Å². The van der Waals surface area contributed by atoms with Crippen LogP contribution >= 0.6 is 15.9 Å². The van der Waals surface area contributed by atoms with Crippen LogP contribution in [0.1, 0.15) is 5.69 Å². The molecule has 1 aromatic carbocycles. The Morgan fingerprint density at radius 1 is 1.16 bits per heavy atom. The summed E-state index contributed by atoms with van der Waals surface area (Å²) in [5.74, 6) is 0. The van der Waals surface area contributed by atoms with Crippen molar-refractivity contribution in [3.8, 4) is 5.69 Å². The van der Waals surface area contributed by atoms with E-state index in [0.29, 0.717) is 11.0 Å². The number of alkyl halides is 1. The first kappa shape index (κ1) is 13.1. The van der Waals surface area contributed by atoms with Crippen LogP contribution < -0.4 is 0 Å². The molecule has 0 fully saturated rings. The molecule has 0 spiro atoms. The quantitative estimate of drug-likeness (QED) is 0.481. The van der Waals surface area contributed by atoms with Gasteiger partial charge in [0.05, 0.1) is 33.5 Å². The number of nitro benzene ring substituents is 2. The lowest BCUT2D eigenvalue weighted by molar-refractivity contribution is -0.394. The summed E-state index contributed by atoms with van der Waals surface area (Å²) in [7, 11) is 0. The Morgan fingerprint density at radius 2 is 1.74 bits per heavy atom. The second-order valence-electron chi connectivity index (χ2n) is 3.51. The van der Waals surface area contributed by atoms with E-state index in [1.165, 1.54) is 23.0 Å². The van der Waals surface area contributed by atoms with Gasteiger partial charge in [-0.3, -0.25) is 20.2 Å². The Bertz CT molecular complexity index is 624. The Hall–Kier alpha value is -2.36. The summed E-state index contributed by atoms with van der Waals surface area (Å²) >= 11 is 3.19. The number of non-ortho nitro benzene ring substituents is 2. The topological polar surface area (TPSA) is 117 Å². The number of hydrogen-bond donors (Lipinski definition) is 0. The lowest BCUT2D eigenvalue weighted by Gasteiger charge is -2.00. The first-order valence-electron chi connectivity index (χ1n) is 4.92. The zero-order chi connectivity index (χ0) is 14.0. The predicted molar refractivity (Wildman–Crippen MR) is 67.3 cm³/mol. The van der Waals surface area contributed by atoms with E-state index in [2.05, 4.69) is 26.2 Å². The highest BCUT2D eigenvalue weighted by Crippen LogP contribution is 2.24. The van der Waals surface area contributed by atoms with Gasteiger partial charge in [0.15, 0.2) is 0 Å². The average molecular weight is 328 g/mol. The molecule has 10 heteroatoms.